The zero-order valence-corrected chi connectivity index (χ0v) is 17.9. The molecule has 0 fully saturated rings. The van der Waals surface area contributed by atoms with Crippen LogP contribution in [0.5, 0.6) is 0 Å². The van der Waals surface area contributed by atoms with Crippen LogP contribution in [0.2, 0.25) is 0 Å². The maximum Gasteiger partial charge on any atom is 0.416 e. The van der Waals surface area contributed by atoms with E-state index in [9.17, 15) is 18.4 Å². The number of thioether (sulfide) groups is 1. The topological polar surface area (TPSA) is 36.7 Å². The lowest BCUT2D eigenvalue weighted by atomic mass is 9.86. The molecule has 6 heteroatoms. The summed E-state index contributed by atoms with van der Waals surface area (Å²) in [7, 11) is 0. The summed E-state index contributed by atoms with van der Waals surface area (Å²) in [4.78, 5) is 4.76. The first-order chi connectivity index (χ1) is 14.9. The molecule has 2 aromatic carbocycles. The van der Waals surface area contributed by atoms with E-state index in [4.69, 9.17) is 4.98 Å². The molecule has 0 unspecified atom stereocenters. The Balaban J connectivity index is 1.80. The molecular formula is C25H21F3N2S. The fourth-order valence-electron chi connectivity index (χ4n) is 4.05. The second-order valence-corrected chi connectivity index (χ2v) is 8.74. The van der Waals surface area contributed by atoms with Crippen LogP contribution in [-0.2, 0) is 24.8 Å². The third-order valence-electron chi connectivity index (χ3n) is 5.52. The third kappa shape index (κ3) is 4.62. The number of halogens is 3. The van der Waals surface area contributed by atoms with Crippen LogP contribution in [0.1, 0.15) is 46.2 Å². The molecule has 0 radical (unpaired) electrons. The normalized spacial score (nSPS) is 13.5. The summed E-state index contributed by atoms with van der Waals surface area (Å²) < 4.78 is 39.9. The molecule has 2 nitrogen and oxygen atoms in total. The van der Waals surface area contributed by atoms with Gasteiger partial charge in [-0.1, -0.05) is 42.0 Å². The molecule has 0 amide bonds. The molecule has 158 valence electrons. The number of aryl methyl sites for hydroxylation is 1. The first-order valence-electron chi connectivity index (χ1n) is 10.2. The van der Waals surface area contributed by atoms with Gasteiger partial charge in [0.25, 0.3) is 0 Å². The number of benzene rings is 2. The summed E-state index contributed by atoms with van der Waals surface area (Å²) in [6, 6.07) is 15.8. The number of aromatic nitrogens is 1. The van der Waals surface area contributed by atoms with E-state index in [1.807, 2.05) is 25.1 Å². The summed E-state index contributed by atoms with van der Waals surface area (Å²) in [5.41, 5.74) is 5.06. The Labute approximate surface area is 184 Å². The predicted octanol–water partition coefficient (Wildman–Crippen LogP) is 7.12. The zero-order valence-electron chi connectivity index (χ0n) is 17.1. The molecule has 3 aromatic rings. The van der Waals surface area contributed by atoms with Crippen LogP contribution in [0.25, 0.3) is 11.3 Å². The lowest BCUT2D eigenvalue weighted by Crippen LogP contribution is -2.11. The molecule has 0 bridgehead atoms. The van der Waals surface area contributed by atoms with Crippen molar-refractivity contribution < 1.29 is 13.2 Å². The molecule has 0 saturated heterocycles. The molecule has 0 N–H and O–H groups in total. The fraction of sp³-hybridized carbons (Fsp3) is 0.280. The van der Waals surface area contributed by atoms with E-state index in [-0.39, 0.29) is 0 Å². The average Bonchev–Trinajstić information content (AvgIpc) is 2.76. The molecular weight excluding hydrogens is 417 g/mol. The number of hydrogen-bond donors (Lipinski definition) is 0. The van der Waals surface area contributed by atoms with Crippen molar-refractivity contribution in [2.45, 2.75) is 49.6 Å². The molecule has 1 aromatic heterocycles. The first kappa shape index (κ1) is 21.5. The Hall–Kier alpha value is -2.78. The van der Waals surface area contributed by atoms with Gasteiger partial charge in [-0.25, -0.2) is 4.98 Å². The second-order valence-electron chi connectivity index (χ2n) is 7.77. The van der Waals surface area contributed by atoms with Crippen LogP contribution in [0, 0.1) is 18.3 Å². The van der Waals surface area contributed by atoms with E-state index in [1.54, 1.807) is 6.07 Å². The van der Waals surface area contributed by atoms with Gasteiger partial charge in [0.1, 0.15) is 11.1 Å². The number of nitrogens with zero attached hydrogens (tertiary/aromatic N) is 2. The minimum Gasteiger partial charge on any atom is -0.240 e. The highest BCUT2D eigenvalue weighted by Crippen LogP contribution is 2.39. The molecule has 1 heterocycles. The SMILES string of the molecule is Cc1cccc(CSc2nc(-c3cccc(C(F)(F)F)c3)c3c(c2C#N)CCCC3)c1. The Bertz CT molecular complexity index is 1160. The van der Waals surface area contributed by atoms with Crippen LogP contribution in [0.3, 0.4) is 0 Å². The van der Waals surface area contributed by atoms with Gasteiger partial charge in [0.15, 0.2) is 0 Å². The largest absolute Gasteiger partial charge is 0.416 e. The van der Waals surface area contributed by atoms with Gasteiger partial charge in [0.2, 0.25) is 0 Å². The van der Waals surface area contributed by atoms with Gasteiger partial charge in [-0.3, -0.25) is 0 Å². The van der Waals surface area contributed by atoms with E-state index in [2.05, 4.69) is 12.1 Å². The molecule has 1 aliphatic carbocycles. The van der Waals surface area contributed by atoms with Gasteiger partial charge < -0.3 is 0 Å². The highest BCUT2D eigenvalue weighted by atomic mass is 32.2. The number of pyridine rings is 1. The van der Waals surface area contributed by atoms with Crippen LogP contribution in [-0.4, -0.2) is 4.98 Å². The number of hydrogen-bond acceptors (Lipinski definition) is 3. The second kappa shape index (κ2) is 8.76. The van der Waals surface area contributed by atoms with Crippen molar-refractivity contribution in [3.63, 3.8) is 0 Å². The van der Waals surface area contributed by atoms with Gasteiger partial charge in [-0.15, -0.1) is 11.8 Å². The van der Waals surface area contributed by atoms with Crippen LogP contribution >= 0.6 is 11.8 Å². The lowest BCUT2D eigenvalue weighted by molar-refractivity contribution is -0.137. The fourth-order valence-corrected chi connectivity index (χ4v) is 5.00. The van der Waals surface area contributed by atoms with Gasteiger partial charge in [0, 0.05) is 11.3 Å². The zero-order chi connectivity index (χ0) is 22.0. The van der Waals surface area contributed by atoms with E-state index < -0.39 is 11.7 Å². The molecule has 0 spiro atoms. The van der Waals surface area contributed by atoms with Gasteiger partial charge >= 0.3 is 6.18 Å². The number of rotatable bonds is 4. The predicted molar refractivity (Wildman–Crippen MR) is 117 cm³/mol. The van der Waals surface area contributed by atoms with E-state index in [0.717, 1.165) is 60.1 Å². The van der Waals surface area contributed by atoms with Crippen LogP contribution in [0.15, 0.2) is 53.6 Å². The first-order valence-corrected chi connectivity index (χ1v) is 11.2. The summed E-state index contributed by atoms with van der Waals surface area (Å²) in [5.74, 6) is 0.643. The number of fused-ring (bicyclic) bond motifs is 1. The van der Waals surface area contributed by atoms with Crippen molar-refractivity contribution in [3.8, 4) is 17.3 Å². The maximum absolute atomic E-state index is 13.3. The molecule has 0 aliphatic heterocycles. The molecule has 0 atom stereocenters. The van der Waals surface area contributed by atoms with Gasteiger partial charge in [-0.05, 0) is 61.4 Å². The van der Waals surface area contributed by atoms with Gasteiger partial charge in [-0.2, -0.15) is 18.4 Å². The summed E-state index contributed by atoms with van der Waals surface area (Å²) in [6.07, 6.45) is -1.02. The highest BCUT2D eigenvalue weighted by molar-refractivity contribution is 7.98. The van der Waals surface area contributed by atoms with Crippen molar-refractivity contribution in [1.82, 2.24) is 4.98 Å². The van der Waals surface area contributed by atoms with E-state index >= 15 is 0 Å². The van der Waals surface area contributed by atoms with Crippen LogP contribution < -0.4 is 0 Å². The quantitative estimate of drug-likeness (QED) is 0.407. The minimum atomic E-state index is -4.41. The van der Waals surface area contributed by atoms with Crippen LogP contribution in [0.4, 0.5) is 13.2 Å². The van der Waals surface area contributed by atoms with Crippen molar-refractivity contribution in [1.29, 1.82) is 5.26 Å². The summed E-state index contributed by atoms with van der Waals surface area (Å²) in [5, 5.41) is 10.5. The summed E-state index contributed by atoms with van der Waals surface area (Å²) in [6.45, 7) is 2.03. The molecule has 1 aliphatic rings. The lowest BCUT2D eigenvalue weighted by Gasteiger charge is -2.22. The number of nitriles is 1. The molecule has 0 saturated carbocycles. The van der Waals surface area contributed by atoms with E-state index in [0.29, 0.717) is 27.6 Å². The highest BCUT2D eigenvalue weighted by Gasteiger charge is 2.31. The van der Waals surface area contributed by atoms with Crippen molar-refractivity contribution >= 4 is 11.8 Å². The minimum absolute atomic E-state index is 0.454. The standard InChI is InChI=1S/C25H21F3N2S/c1-16-6-4-7-17(12-16)15-31-24-22(14-29)20-10-2-3-11-21(20)23(30-24)18-8-5-9-19(13-18)25(26,27)28/h4-9,12-13H,2-3,10-11,15H2,1H3. The van der Waals surface area contributed by atoms with E-state index in [1.165, 1.54) is 17.8 Å². The van der Waals surface area contributed by atoms with Crippen molar-refractivity contribution in [3.05, 3.63) is 81.9 Å². The Morgan fingerprint density at radius 1 is 1.03 bits per heavy atom. The molecule has 31 heavy (non-hydrogen) atoms. The Morgan fingerprint density at radius 3 is 2.48 bits per heavy atom. The smallest absolute Gasteiger partial charge is 0.240 e. The maximum atomic E-state index is 13.3. The average molecular weight is 439 g/mol. The van der Waals surface area contributed by atoms with Gasteiger partial charge in [0.05, 0.1) is 16.8 Å². The number of alkyl halides is 3. The van der Waals surface area contributed by atoms with Crippen molar-refractivity contribution in [2.75, 3.05) is 0 Å². The third-order valence-corrected chi connectivity index (χ3v) is 6.56. The molecule has 4 rings (SSSR count). The monoisotopic (exact) mass is 438 g/mol. The van der Waals surface area contributed by atoms with Crippen molar-refractivity contribution in [2.24, 2.45) is 0 Å². The Morgan fingerprint density at radius 2 is 1.77 bits per heavy atom. The Kier molecular flexibility index (Phi) is 6.06. The summed E-state index contributed by atoms with van der Waals surface area (Å²) >= 11 is 1.47.